The first kappa shape index (κ1) is 20.3. The van der Waals surface area contributed by atoms with Gasteiger partial charge in [0, 0.05) is 19.0 Å². The molecule has 1 atom stereocenters. The number of rotatable bonds is 4. The lowest BCUT2D eigenvalue weighted by Gasteiger charge is -2.26. The Kier molecular flexibility index (Phi) is 5.69. The van der Waals surface area contributed by atoms with Crippen molar-refractivity contribution in [2.24, 2.45) is 0 Å². The summed E-state index contributed by atoms with van der Waals surface area (Å²) in [6.07, 6.45) is 2.17. The first-order valence-electron chi connectivity index (χ1n) is 9.60. The predicted octanol–water partition coefficient (Wildman–Crippen LogP) is 4.15. The molecule has 0 spiro atoms. The number of carbonyl (C=O) groups excluding carboxylic acids is 1. The number of ether oxygens (including phenoxy) is 3. The van der Waals surface area contributed by atoms with Gasteiger partial charge in [-0.3, -0.25) is 4.79 Å². The van der Waals surface area contributed by atoms with Crippen LogP contribution < -0.4 is 14.2 Å². The molecule has 9 heteroatoms. The summed E-state index contributed by atoms with van der Waals surface area (Å²) in [7, 11) is 0. The molecule has 0 aromatic heterocycles. The minimum atomic E-state index is -1.68. The summed E-state index contributed by atoms with van der Waals surface area (Å²) in [5.41, 5.74) is 0.833. The molecule has 0 aliphatic carbocycles. The molecule has 1 fully saturated rings. The molecule has 2 aliphatic rings. The summed E-state index contributed by atoms with van der Waals surface area (Å²) in [4.78, 5) is 14.2. The minimum Gasteiger partial charge on any atom is -0.490 e. The second-order valence-corrected chi connectivity index (χ2v) is 7.09. The van der Waals surface area contributed by atoms with Crippen molar-refractivity contribution in [1.82, 2.24) is 4.90 Å². The number of hydrogen-bond acceptors (Lipinski definition) is 4. The Balaban J connectivity index is 1.49. The van der Waals surface area contributed by atoms with Crippen molar-refractivity contribution in [1.29, 1.82) is 0 Å². The fourth-order valence-electron chi connectivity index (χ4n) is 3.69. The second-order valence-electron chi connectivity index (χ2n) is 7.09. The highest BCUT2D eigenvalue weighted by molar-refractivity contribution is 5.78. The molecule has 0 N–H and O–H groups in total. The van der Waals surface area contributed by atoms with Crippen molar-refractivity contribution in [3.8, 4) is 17.2 Å². The topological polar surface area (TPSA) is 48.0 Å². The van der Waals surface area contributed by atoms with Crippen molar-refractivity contribution < 1.29 is 36.6 Å². The average Bonchev–Trinajstić information content (AvgIpc) is 3.11. The second kappa shape index (κ2) is 8.41. The van der Waals surface area contributed by atoms with Crippen LogP contribution in [0, 0.1) is 23.3 Å². The highest BCUT2D eigenvalue weighted by atomic mass is 19.2. The molecule has 1 saturated heterocycles. The molecule has 2 aromatic carbocycles. The van der Waals surface area contributed by atoms with Gasteiger partial charge in [-0.25, -0.2) is 8.78 Å². The van der Waals surface area contributed by atoms with Crippen molar-refractivity contribution >= 4 is 5.91 Å². The van der Waals surface area contributed by atoms with Gasteiger partial charge in [-0.1, -0.05) is 6.07 Å². The first-order valence-corrected chi connectivity index (χ1v) is 9.60. The maximum atomic E-state index is 13.7. The lowest BCUT2D eigenvalue weighted by Crippen LogP contribution is -2.34. The van der Waals surface area contributed by atoms with Crippen LogP contribution >= 0.6 is 0 Å². The van der Waals surface area contributed by atoms with Gasteiger partial charge in [-0.15, -0.1) is 0 Å². The number of hydrogen-bond donors (Lipinski definition) is 0. The van der Waals surface area contributed by atoms with Gasteiger partial charge in [0.2, 0.25) is 11.6 Å². The molecular weight excluding hydrogens is 406 g/mol. The van der Waals surface area contributed by atoms with Crippen molar-refractivity contribution in [2.45, 2.75) is 25.3 Å². The molecular formula is C21H19F4NO4. The average molecular weight is 425 g/mol. The van der Waals surface area contributed by atoms with Crippen LogP contribution in [-0.4, -0.2) is 37.2 Å². The van der Waals surface area contributed by atoms with Crippen molar-refractivity contribution in [2.75, 3.05) is 26.4 Å². The summed E-state index contributed by atoms with van der Waals surface area (Å²) in [5, 5.41) is 0. The lowest BCUT2D eigenvalue weighted by molar-refractivity contribution is -0.134. The Morgan fingerprint density at radius 2 is 1.70 bits per heavy atom. The quantitative estimate of drug-likeness (QED) is 0.546. The fraction of sp³-hybridized carbons (Fsp3) is 0.381. The van der Waals surface area contributed by atoms with E-state index in [-0.39, 0.29) is 12.1 Å². The zero-order chi connectivity index (χ0) is 21.3. The van der Waals surface area contributed by atoms with Crippen LogP contribution in [-0.2, 0) is 4.79 Å². The molecule has 4 rings (SSSR count). The third-order valence-corrected chi connectivity index (χ3v) is 5.14. The van der Waals surface area contributed by atoms with Crippen LogP contribution in [0.2, 0.25) is 0 Å². The van der Waals surface area contributed by atoms with Gasteiger partial charge < -0.3 is 19.1 Å². The third-order valence-electron chi connectivity index (χ3n) is 5.14. The molecule has 5 nitrogen and oxygen atoms in total. The van der Waals surface area contributed by atoms with Crippen molar-refractivity contribution in [3.05, 3.63) is 53.1 Å². The maximum absolute atomic E-state index is 13.7. The Labute approximate surface area is 170 Å². The van der Waals surface area contributed by atoms with E-state index in [0.29, 0.717) is 37.7 Å². The van der Waals surface area contributed by atoms with E-state index in [1.165, 1.54) is 4.90 Å². The summed E-state index contributed by atoms with van der Waals surface area (Å²) >= 11 is 0. The number of likely N-dealkylation sites (tertiary alicyclic amines) is 1. The summed E-state index contributed by atoms with van der Waals surface area (Å²) < 4.78 is 70.3. The molecule has 30 heavy (non-hydrogen) atoms. The van der Waals surface area contributed by atoms with E-state index >= 15 is 0 Å². The van der Waals surface area contributed by atoms with E-state index in [2.05, 4.69) is 0 Å². The Morgan fingerprint density at radius 3 is 2.43 bits per heavy atom. The van der Waals surface area contributed by atoms with Crippen molar-refractivity contribution in [3.63, 3.8) is 0 Å². The van der Waals surface area contributed by atoms with Crippen LogP contribution in [0.25, 0.3) is 0 Å². The zero-order valence-corrected chi connectivity index (χ0v) is 15.9. The Hall–Kier alpha value is -2.97. The number of amides is 1. The normalized spacial score (nSPS) is 18.3. The number of carbonyl (C=O) groups is 1. The molecule has 0 saturated carbocycles. The molecule has 2 aliphatic heterocycles. The van der Waals surface area contributed by atoms with Gasteiger partial charge in [0.05, 0.1) is 19.3 Å². The van der Waals surface area contributed by atoms with E-state index in [4.69, 9.17) is 14.2 Å². The Morgan fingerprint density at radius 1 is 1.00 bits per heavy atom. The van der Waals surface area contributed by atoms with E-state index < -0.39 is 41.5 Å². The molecule has 160 valence electrons. The first-order chi connectivity index (χ1) is 14.5. The van der Waals surface area contributed by atoms with Crippen LogP contribution in [0.5, 0.6) is 17.2 Å². The minimum absolute atomic E-state index is 0.0833. The highest BCUT2D eigenvalue weighted by Crippen LogP contribution is 2.38. The number of fused-ring (bicyclic) bond motifs is 1. The fourth-order valence-corrected chi connectivity index (χ4v) is 3.69. The molecule has 0 bridgehead atoms. The summed E-state index contributed by atoms with van der Waals surface area (Å²) in [6, 6.07) is 5.25. The number of halogens is 4. The lowest BCUT2D eigenvalue weighted by atomic mass is 10.0. The number of benzene rings is 2. The van der Waals surface area contributed by atoms with E-state index in [1.807, 2.05) is 12.1 Å². The smallest absolute Gasteiger partial charge is 0.261 e. The number of nitrogens with zero attached hydrogens (tertiary/aromatic N) is 1. The van der Waals surface area contributed by atoms with Gasteiger partial charge in [-0.05, 0) is 30.5 Å². The summed E-state index contributed by atoms with van der Waals surface area (Å²) in [6.45, 7) is 0.756. The van der Waals surface area contributed by atoms with Crippen LogP contribution in [0.15, 0.2) is 24.3 Å². The van der Waals surface area contributed by atoms with E-state index in [0.717, 1.165) is 18.4 Å². The largest absolute Gasteiger partial charge is 0.490 e. The summed E-state index contributed by atoms with van der Waals surface area (Å²) in [5.74, 6) is -7.11. The molecule has 0 radical (unpaired) electrons. The van der Waals surface area contributed by atoms with Gasteiger partial charge in [0.25, 0.3) is 5.91 Å². The maximum Gasteiger partial charge on any atom is 0.261 e. The molecule has 1 unspecified atom stereocenters. The van der Waals surface area contributed by atoms with Gasteiger partial charge >= 0.3 is 0 Å². The standard InChI is InChI=1S/C21H19F4NO4/c22-13-10-14(23)20(25)21(19(13)24)30-11-18(27)26-6-1-3-15(26)12-4-5-16-17(9-12)29-8-2-7-28-16/h4-5,9-10,15H,1-3,6-8,11H2. The molecule has 1 amide bonds. The SMILES string of the molecule is O=C(COc1c(F)c(F)cc(F)c1F)N1CCCC1c1ccc2c(c1)OCCCO2. The third kappa shape index (κ3) is 3.88. The van der Waals surface area contributed by atoms with Crippen LogP contribution in [0.4, 0.5) is 17.6 Å². The van der Waals surface area contributed by atoms with Crippen LogP contribution in [0.1, 0.15) is 30.9 Å². The van der Waals surface area contributed by atoms with Gasteiger partial charge in [0.15, 0.2) is 35.5 Å². The van der Waals surface area contributed by atoms with E-state index in [1.54, 1.807) is 6.07 Å². The molecule has 2 heterocycles. The Bertz CT molecular complexity index is 942. The van der Waals surface area contributed by atoms with Gasteiger partial charge in [0.1, 0.15) is 0 Å². The zero-order valence-electron chi connectivity index (χ0n) is 15.9. The monoisotopic (exact) mass is 425 g/mol. The predicted molar refractivity (Wildman–Crippen MR) is 97.5 cm³/mol. The van der Waals surface area contributed by atoms with Gasteiger partial charge in [-0.2, -0.15) is 8.78 Å². The molecule has 2 aromatic rings. The van der Waals surface area contributed by atoms with Crippen LogP contribution in [0.3, 0.4) is 0 Å². The highest BCUT2D eigenvalue weighted by Gasteiger charge is 2.32. The van der Waals surface area contributed by atoms with E-state index in [9.17, 15) is 22.4 Å².